The van der Waals surface area contributed by atoms with Crippen molar-refractivity contribution >= 4 is 0 Å². The normalized spacial score (nSPS) is 12.9. The lowest BCUT2D eigenvalue weighted by molar-refractivity contribution is 0.241. The first-order valence-corrected chi connectivity index (χ1v) is 6.39. The Morgan fingerprint density at radius 2 is 2.11 bits per heavy atom. The average Bonchev–Trinajstić information content (AvgIpc) is 2.86. The minimum atomic E-state index is 0.282. The Labute approximate surface area is 113 Å². The highest BCUT2D eigenvalue weighted by molar-refractivity contribution is 5.28. The molecule has 5 nitrogen and oxygen atoms in total. The standard InChI is InChI=1S/C14H20N4O/c1-10-6-4-5-7-12(10)11(2)18(3)9-13-16-14(8-15)19-17-13/h4-7,11H,8-9,15H2,1-3H3. The number of rotatable bonds is 5. The lowest BCUT2D eigenvalue weighted by Crippen LogP contribution is -2.23. The van der Waals surface area contributed by atoms with E-state index in [0.717, 1.165) is 0 Å². The van der Waals surface area contributed by atoms with E-state index >= 15 is 0 Å². The van der Waals surface area contributed by atoms with Crippen molar-refractivity contribution in [3.05, 3.63) is 47.1 Å². The maximum absolute atomic E-state index is 5.45. The number of hydrogen-bond acceptors (Lipinski definition) is 5. The van der Waals surface area contributed by atoms with Crippen LogP contribution in [-0.4, -0.2) is 22.1 Å². The van der Waals surface area contributed by atoms with E-state index in [9.17, 15) is 0 Å². The second-order valence-electron chi connectivity index (χ2n) is 4.76. The smallest absolute Gasteiger partial charge is 0.240 e. The topological polar surface area (TPSA) is 68.2 Å². The van der Waals surface area contributed by atoms with Gasteiger partial charge in [-0.2, -0.15) is 4.98 Å². The monoisotopic (exact) mass is 260 g/mol. The zero-order valence-corrected chi connectivity index (χ0v) is 11.6. The summed E-state index contributed by atoms with van der Waals surface area (Å²) in [7, 11) is 2.05. The van der Waals surface area contributed by atoms with Gasteiger partial charge in [0.1, 0.15) is 0 Å². The fourth-order valence-corrected chi connectivity index (χ4v) is 2.09. The van der Waals surface area contributed by atoms with Gasteiger partial charge in [0, 0.05) is 6.04 Å². The van der Waals surface area contributed by atoms with Crippen LogP contribution in [0.15, 0.2) is 28.8 Å². The minimum absolute atomic E-state index is 0.282. The molecule has 2 N–H and O–H groups in total. The first-order valence-electron chi connectivity index (χ1n) is 6.39. The van der Waals surface area contributed by atoms with Gasteiger partial charge in [0.25, 0.3) is 0 Å². The molecule has 102 valence electrons. The van der Waals surface area contributed by atoms with Gasteiger partial charge in [-0.25, -0.2) is 0 Å². The number of aromatic nitrogens is 2. The molecule has 0 aliphatic rings. The molecule has 19 heavy (non-hydrogen) atoms. The summed E-state index contributed by atoms with van der Waals surface area (Å²) in [4.78, 5) is 6.41. The lowest BCUT2D eigenvalue weighted by Gasteiger charge is -2.25. The molecule has 0 aliphatic heterocycles. The molecule has 0 bridgehead atoms. The highest BCUT2D eigenvalue weighted by Gasteiger charge is 2.16. The van der Waals surface area contributed by atoms with Crippen LogP contribution in [0.2, 0.25) is 0 Å². The van der Waals surface area contributed by atoms with Gasteiger partial charge in [-0.3, -0.25) is 4.90 Å². The Bertz CT molecular complexity index is 538. The van der Waals surface area contributed by atoms with E-state index in [1.165, 1.54) is 11.1 Å². The van der Waals surface area contributed by atoms with Crippen LogP contribution >= 0.6 is 0 Å². The van der Waals surface area contributed by atoms with Gasteiger partial charge in [0.15, 0.2) is 5.82 Å². The second-order valence-corrected chi connectivity index (χ2v) is 4.76. The molecular formula is C14H20N4O. The summed E-state index contributed by atoms with van der Waals surface area (Å²) in [5, 5.41) is 3.92. The Kier molecular flexibility index (Phi) is 4.29. The Balaban J connectivity index is 2.07. The lowest BCUT2D eigenvalue weighted by atomic mass is 10.0. The zero-order chi connectivity index (χ0) is 13.8. The zero-order valence-electron chi connectivity index (χ0n) is 11.6. The molecule has 5 heteroatoms. The van der Waals surface area contributed by atoms with E-state index < -0.39 is 0 Å². The molecule has 1 aromatic heterocycles. The van der Waals surface area contributed by atoms with Gasteiger partial charge in [-0.15, -0.1) is 0 Å². The number of nitrogens with two attached hydrogens (primary N) is 1. The molecule has 2 rings (SSSR count). The Morgan fingerprint density at radius 3 is 2.74 bits per heavy atom. The molecule has 0 radical (unpaired) electrons. The minimum Gasteiger partial charge on any atom is -0.338 e. The van der Waals surface area contributed by atoms with Gasteiger partial charge < -0.3 is 10.3 Å². The first-order chi connectivity index (χ1) is 9.11. The van der Waals surface area contributed by atoms with Crippen LogP contribution in [0.1, 0.15) is 35.8 Å². The number of aryl methyl sites for hydroxylation is 1. The molecule has 0 spiro atoms. The van der Waals surface area contributed by atoms with Crippen molar-refractivity contribution in [1.29, 1.82) is 0 Å². The van der Waals surface area contributed by atoms with E-state index in [4.69, 9.17) is 10.3 Å². The molecule has 1 aromatic carbocycles. The average molecular weight is 260 g/mol. The second kappa shape index (κ2) is 5.95. The first kappa shape index (κ1) is 13.7. The molecule has 0 aliphatic carbocycles. The number of benzene rings is 1. The van der Waals surface area contributed by atoms with Crippen molar-refractivity contribution in [3.8, 4) is 0 Å². The predicted octanol–water partition coefficient (Wildman–Crippen LogP) is 2.03. The van der Waals surface area contributed by atoms with Crippen LogP contribution in [0.4, 0.5) is 0 Å². The van der Waals surface area contributed by atoms with Crippen molar-refractivity contribution in [2.75, 3.05) is 7.05 Å². The van der Waals surface area contributed by atoms with Crippen molar-refractivity contribution < 1.29 is 4.52 Å². The molecule has 0 saturated heterocycles. The van der Waals surface area contributed by atoms with Crippen molar-refractivity contribution in [2.45, 2.75) is 33.0 Å². The van der Waals surface area contributed by atoms with Crippen molar-refractivity contribution in [3.63, 3.8) is 0 Å². The SMILES string of the molecule is Cc1ccccc1C(C)N(C)Cc1noc(CN)n1. The summed E-state index contributed by atoms with van der Waals surface area (Å²) >= 11 is 0. The van der Waals surface area contributed by atoms with E-state index in [2.05, 4.69) is 60.2 Å². The maximum Gasteiger partial charge on any atom is 0.240 e. The van der Waals surface area contributed by atoms with Gasteiger partial charge in [0.05, 0.1) is 13.1 Å². The molecule has 0 amide bonds. The number of hydrogen-bond donors (Lipinski definition) is 1. The maximum atomic E-state index is 5.45. The van der Waals surface area contributed by atoms with Crippen LogP contribution in [-0.2, 0) is 13.1 Å². The Hall–Kier alpha value is -1.72. The van der Waals surface area contributed by atoms with Crippen molar-refractivity contribution in [2.24, 2.45) is 5.73 Å². The van der Waals surface area contributed by atoms with E-state index in [-0.39, 0.29) is 6.54 Å². The molecule has 1 unspecified atom stereocenters. The fraction of sp³-hybridized carbons (Fsp3) is 0.429. The third-order valence-electron chi connectivity index (χ3n) is 3.38. The van der Waals surface area contributed by atoms with E-state index in [0.29, 0.717) is 24.3 Å². The summed E-state index contributed by atoms with van der Waals surface area (Å²) in [6, 6.07) is 8.69. The predicted molar refractivity (Wildman–Crippen MR) is 73.3 cm³/mol. The number of nitrogens with zero attached hydrogens (tertiary/aromatic N) is 3. The van der Waals surface area contributed by atoms with E-state index in [1.54, 1.807) is 0 Å². The highest BCUT2D eigenvalue weighted by Crippen LogP contribution is 2.22. The third kappa shape index (κ3) is 3.19. The summed E-state index contributed by atoms with van der Waals surface area (Å²) in [6.07, 6.45) is 0. The summed E-state index contributed by atoms with van der Waals surface area (Å²) in [5.74, 6) is 1.15. The van der Waals surface area contributed by atoms with Crippen LogP contribution in [0.5, 0.6) is 0 Å². The van der Waals surface area contributed by atoms with Crippen molar-refractivity contribution in [1.82, 2.24) is 15.0 Å². The molecule has 0 saturated carbocycles. The molecular weight excluding hydrogens is 240 g/mol. The quantitative estimate of drug-likeness (QED) is 0.891. The van der Waals surface area contributed by atoms with Crippen LogP contribution in [0.3, 0.4) is 0 Å². The van der Waals surface area contributed by atoms with E-state index in [1.807, 2.05) is 0 Å². The largest absolute Gasteiger partial charge is 0.338 e. The summed E-state index contributed by atoms with van der Waals surface area (Å²) in [5.41, 5.74) is 8.06. The fourth-order valence-electron chi connectivity index (χ4n) is 2.09. The Morgan fingerprint density at radius 1 is 1.37 bits per heavy atom. The molecule has 1 atom stereocenters. The molecule has 0 fully saturated rings. The molecule has 2 aromatic rings. The van der Waals surface area contributed by atoms with Crippen LogP contribution < -0.4 is 5.73 Å². The summed E-state index contributed by atoms with van der Waals surface area (Å²) < 4.78 is 5.01. The summed E-state index contributed by atoms with van der Waals surface area (Å²) in [6.45, 7) is 5.22. The highest BCUT2D eigenvalue weighted by atomic mass is 16.5. The third-order valence-corrected chi connectivity index (χ3v) is 3.38. The van der Waals surface area contributed by atoms with Gasteiger partial charge >= 0.3 is 0 Å². The van der Waals surface area contributed by atoms with Crippen LogP contribution in [0, 0.1) is 6.92 Å². The van der Waals surface area contributed by atoms with Gasteiger partial charge in [-0.1, -0.05) is 29.4 Å². The van der Waals surface area contributed by atoms with Gasteiger partial charge in [-0.05, 0) is 32.0 Å². The van der Waals surface area contributed by atoms with Crippen LogP contribution in [0.25, 0.3) is 0 Å². The van der Waals surface area contributed by atoms with Gasteiger partial charge in [0.2, 0.25) is 5.89 Å². The molecule has 1 heterocycles.